The highest BCUT2D eigenvalue weighted by Gasteiger charge is 2.30. The van der Waals surface area contributed by atoms with Crippen LogP contribution in [0.15, 0.2) is 22.8 Å². The minimum Gasteiger partial charge on any atom is -0.481 e. The van der Waals surface area contributed by atoms with Gasteiger partial charge in [-0.15, -0.1) is 0 Å². The molecule has 1 heterocycles. The van der Waals surface area contributed by atoms with Gasteiger partial charge in [0.1, 0.15) is 5.76 Å². The fourth-order valence-electron chi connectivity index (χ4n) is 1.69. The standard InChI is InChI=1S/C14H21NO4/c1-10(12(16)17)8-15(13(18)14(2,3)4)9-11-6-5-7-19-11/h5-7,10H,8-9H2,1-4H3,(H,16,17). The van der Waals surface area contributed by atoms with Crippen molar-refractivity contribution in [1.82, 2.24) is 4.90 Å². The Labute approximate surface area is 113 Å². The highest BCUT2D eigenvalue weighted by Crippen LogP contribution is 2.20. The highest BCUT2D eigenvalue weighted by molar-refractivity contribution is 5.82. The Morgan fingerprint density at radius 2 is 2.05 bits per heavy atom. The first-order chi connectivity index (χ1) is 8.71. The molecule has 1 aromatic rings. The van der Waals surface area contributed by atoms with Crippen molar-refractivity contribution in [3.8, 4) is 0 Å². The SMILES string of the molecule is CC(CN(Cc1ccco1)C(=O)C(C)(C)C)C(=O)O. The number of aliphatic carboxylic acids is 1. The van der Waals surface area contributed by atoms with E-state index in [2.05, 4.69) is 0 Å². The second kappa shape index (κ2) is 5.91. The zero-order valence-electron chi connectivity index (χ0n) is 11.8. The average Bonchev–Trinajstić information content (AvgIpc) is 2.78. The average molecular weight is 267 g/mol. The molecule has 1 rings (SSSR count). The quantitative estimate of drug-likeness (QED) is 0.889. The van der Waals surface area contributed by atoms with E-state index in [1.165, 1.54) is 11.2 Å². The Morgan fingerprint density at radius 1 is 1.42 bits per heavy atom. The number of furan rings is 1. The minimum atomic E-state index is -0.911. The van der Waals surface area contributed by atoms with Crippen molar-refractivity contribution >= 4 is 11.9 Å². The smallest absolute Gasteiger partial charge is 0.308 e. The molecule has 0 aromatic carbocycles. The van der Waals surface area contributed by atoms with Crippen molar-refractivity contribution < 1.29 is 19.1 Å². The minimum absolute atomic E-state index is 0.0861. The molecule has 1 amide bonds. The third-order valence-electron chi connectivity index (χ3n) is 2.77. The van der Waals surface area contributed by atoms with Crippen molar-refractivity contribution in [2.75, 3.05) is 6.54 Å². The van der Waals surface area contributed by atoms with E-state index in [1.807, 2.05) is 20.8 Å². The van der Waals surface area contributed by atoms with Gasteiger partial charge in [0.25, 0.3) is 0 Å². The maximum atomic E-state index is 12.3. The van der Waals surface area contributed by atoms with Crippen LogP contribution in [0.5, 0.6) is 0 Å². The van der Waals surface area contributed by atoms with Gasteiger partial charge in [0.15, 0.2) is 0 Å². The van der Waals surface area contributed by atoms with E-state index in [0.717, 1.165) is 0 Å². The Kier molecular flexibility index (Phi) is 4.75. The molecule has 0 saturated heterocycles. The zero-order valence-corrected chi connectivity index (χ0v) is 11.8. The van der Waals surface area contributed by atoms with Crippen molar-refractivity contribution in [2.24, 2.45) is 11.3 Å². The molecular formula is C14H21NO4. The van der Waals surface area contributed by atoms with E-state index in [9.17, 15) is 9.59 Å². The third-order valence-corrected chi connectivity index (χ3v) is 2.77. The lowest BCUT2D eigenvalue weighted by Gasteiger charge is -2.30. The topological polar surface area (TPSA) is 70.8 Å². The van der Waals surface area contributed by atoms with Gasteiger partial charge in [-0.05, 0) is 12.1 Å². The molecule has 0 fully saturated rings. The van der Waals surface area contributed by atoms with Gasteiger partial charge in [-0.3, -0.25) is 9.59 Å². The molecule has 19 heavy (non-hydrogen) atoms. The predicted octanol–water partition coefficient (Wildman–Crippen LogP) is 2.38. The van der Waals surface area contributed by atoms with Crippen LogP contribution in [0.1, 0.15) is 33.5 Å². The molecule has 0 aliphatic rings. The van der Waals surface area contributed by atoms with Crippen molar-refractivity contribution in [3.05, 3.63) is 24.2 Å². The molecule has 5 nitrogen and oxygen atoms in total. The van der Waals surface area contributed by atoms with Gasteiger partial charge in [-0.2, -0.15) is 0 Å². The fraction of sp³-hybridized carbons (Fsp3) is 0.571. The molecule has 0 radical (unpaired) electrons. The Balaban J connectivity index is 2.84. The number of amides is 1. The number of hydrogen-bond acceptors (Lipinski definition) is 3. The van der Waals surface area contributed by atoms with Gasteiger partial charge in [0.05, 0.1) is 18.7 Å². The van der Waals surface area contributed by atoms with Gasteiger partial charge in [-0.1, -0.05) is 27.7 Å². The largest absolute Gasteiger partial charge is 0.481 e. The molecule has 0 bridgehead atoms. The van der Waals surface area contributed by atoms with Crippen molar-refractivity contribution in [3.63, 3.8) is 0 Å². The summed E-state index contributed by atoms with van der Waals surface area (Å²) >= 11 is 0. The van der Waals surface area contributed by atoms with Crippen LogP contribution in [0.2, 0.25) is 0 Å². The van der Waals surface area contributed by atoms with Gasteiger partial charge < -0.3 is 14.4 Å². The number of carboxylic acid groups (broad SMARTS) is 1. The summed E-state index contributed by atoms with van der Waals surface area (Å²) < 4.78 is 5.23. The van der Waals surface area contributed by atoms with E-state index in [4.69, 9.17) is 9.52 Å². The van der Waals surface area contributed by atoms with Gasteiger partial charge in [0, 0.05) is 12.0 Å². The maximum Gasteiger partial charge on any atom is 0.308 e. The maximum absolute atomic E-state index is 12.3. The molecular weight excluding hydrogens is 246 g/mol. The van der Waals surface area contributed by atoms with E-state index in [0.29, 0.717) is 12.3 Å². The van der Waals surface area contributed by atoms with Crippen LogP contribution in [-0.2, 0) is 16.1 Å². The number of carbonyl (C=O) groups is 2. The van der Waals surface area contributed by atoms with Crippen LogP contribution >= 0.6 is 0 Å². The molecule has 1 N–H and O–H groups in total. The van der Waals surface area contributed by atoms with Gasteiger partial charge in [-0.25, -0.2) is 0 Å². The highest BCUT2D eigenvalue weighted by atomic mass is 16.4. The summed E-state index contributed by atoms with van der Waals surface area (Å²) in [5.41, 5.74) is -0.551. The molecule has 0 aliphatic heterocycles. The van der Waals surface area contributed by atoms with E-state index >= 15 is 0 Å². The number of carbonyl (C=O) groups excluding carboxylic acids is 1. The first-order valence-corrected chi connectivity index (χ1v) is 6.26. The summed E-state index contributed by atoms with van der Waals surface area (Å²) in [6.07, 6.45) is 1.54. The number of rotatable bonds is 5. The molecule has 1 unspecified atom stereocenters. The molecule has 0 aliphatic carbocycles. The summed E-state index contributed by atoms with van der Waals surface area (Å²) in [5.74, 6) is -0.959. The van der Waals surface area contributed by atoms with Gasteiger partial charge >= 0.3 is 5.97 Å². The lowest BCUT2D eigenvalue weighted by atomic mass is 9.94. The van der Waals surface area contributed by atoms with E-state index < -0.39 is 17.3 Å². The van der Waals surface area contributed by atoms with Crippen molar-refractivity contribution in [2.45, 2.75) is 34.2 Å². The first-order valence-electron chi connectivity index (χ1n) is 6.26. The van der Waals surface area contributed by atoms with Crippen molar-refractivity contribution in [1.29, 1.82) is 0 Å². The van der Waals surface area contributed by atoms with Crippen LogP contribution in [0, 0.1) is 11.3 Å². The fourth-order valence-corrected chi connectivity index (χ4v) is 1.69. The number of hydrogen-bond donors (Lipinski definition) is 1. The Bertz CT molecular complexity index is 431. The first kappa shape index (κ1) is 15.3. The van der Waals surface area contributed by atoms with Crippen LogP contribution in [0.3, 0.4) is 0 Å². The number of nitrogens with zero attached hydrogens (tertiary/aromatic N) is 1. The Hall–Kier alpha value is -1.78. The summed E-state index contributed by atoms with van der Waals surface area (Å²) in [6.45, 7) is 7.50. The van der Waals surface area contributed by atoms with E-state index in [1.54, 1.807) is 19.1 Å². The molecule has 0 spiro atoms. The third kappa shape index (κ3) is 4.43. The summed E-state index contributed by atoms with van der Waals surface area (Å²) in [4.78, 5) is 24.8. The molecule has 1 aromatic heterocycles. The molecule has 1 atom stereocenters. The van der Waals surface area contributed by atoms with E-state index in [-0.39, 0.29) is 12.5 Å². The second-order valence-corrected chi connectivity index (χ2v) is 5.75. The lowest BCUT2D eigenvalue weighted by molar-refractivity contribution is -0.146. The van der Waals surface area contributed by atoms with Crippen LogP contribution in [0.4, 0.5) is 0 Å². The van der Waals surface area contributed by atoms with Crippen LogP contribution in [0.25, 0.3) is 0 Å². The molecule has 5 heteroatoms. The second-order valence-electron chi connectivity index (χ2n) is 5.75. The summed E-state index contributed by atoms with van der Waals surface area (Å²) in [7, 11) is 0. The lowest BCUT2D eigenvalue weighted by Crippen LogP contribution is -2.42. The molecule has 0 saturated carbocycles. The summed E-state index contributed by atoms with van der Waals surface area (Å²) in [6, 6.07) is 3.52. The monoisotopic (exact) mass is 267 g/mol. The predicted molar refractivity (Wildman–Crippen MR) is 70.4 cm³/mol. The van der Waals surface area contributed by atoms with Crippen LogP contribution in [-0.4, -0.2) is 28.4 Å². The van der Waals surface area contributed by atoms with Crippen LogP contribution < -0.4 is 0 Å². The zero-order chi connectivity index (χ0) is 14.6. The number of carboxylic acids is 1. The molecule has 106 valence electrons. The Morgan fingerprint density at radius 3 is 2.47 bits per heavy atom. The van der Waals surface area contributed by atoms with Gasteiger partial charge in [0.2, 0.25) is 5.91 Å². The summed E-state index contributed by atoms with van der Waals surface area (Å²) in [5, 5.41) is 8.98. The normalized spacial score (nSPS) is 13.1.